The molecule has 26 heavy (non-hydrogen) atoms. The van der Waals surface area contributed by atoms with Crippen LogP contribution in [-0.4, -0.2) is 23.7 Å². The van der Waals surface area contributed by atoms with E-state index in [9.17, 15) is 14.9 Å². The number of methoxy groups -OCH3 is 1. The summed E-state index contributed by atoms with van der Waals surface area (Å²) >= 11 is 0. The second kappa shape index (κ2) is 7.77. The van der Waals surface area contributed by atoms with Crippen molar-refractivity contribution in [3.8, 4) is 5.75 Å². The van der Waals surface area contributed by atoms with E-state index in [1.54, 1.807) is 7.11 Å². The van der Waals surface area contributed by atoms with Gasteiger partial charge in [0.1, 0.15) is 5.75 Å². The van der Waals surface area contributed by atoms with Gasteiger partial charge in [0, 0.05) is 17.7 Å². The number of aryl methyl sites for hydroxylation is 1. The first-order valence-electron chi connectivity index (χ1n) is 8.24. The van der Waals surface area contributed by atoms with Crippen molar-refractivity contribution >= 4 is 17.4 Å². The number of hydrogen-bond donors (Lipinski definition) is 0. The van der Waals surface area contributed by atoms with Crippen LogP contribution in [0.15, 0.2) is 47.6 Å². The van der Waals surface area contributed by atoms with Crippen LogP contribution in [0.25, 0.3) is 0 Å². The van der Waals surface area contributed by atoms with Crippen LogP contribution in [-0.2, 0) is 22.5 Å². The third-order valence-corrected chi connectivity index (χ3v) is 4.24. The number of non-ortho nitro benzene ring substituents is 1. The average Bonchev–Trinajstić information content (AvgIpc) is 2.66. The van der Waals surface area contributed by atoms with Crippen molar-refractivity contribution in [2.24, 2.45) is 5.16 Å². The Labute approximate surface area is 150 Å². The highest BCUT2D eigenvalue weighted by Crippen LogP contribution is 2.26. The van der Waals surface area contributed by atoms with E-state index in [4.69, 9.17) is 9.57 Å². The minimum atomic E-state index is -0.507. The predicted molar refractivity (Wildman–Crippen MR) is 95.4 cm³/mol. The van der Waals surface area contributed by atoms with Gasteiger partial charge >= 0.3 is 5.97 Å². The molecule has 2 aromatic rings. The van der Waals surface area contributed by atoms with Crippen LogP contribution in [0.5, 0.6) is 5.75 Å². The molecular formula is C19H18N2O5. The largest absolute Gasteiger partial charge is 0.497 e. The van der Waals surface area contributed by atoms with E-state index in [0.29, 0.717) is 5.56 Å². The first-order chi connectivity index (χ1) is 12.6. The van der Waals surface area contributed by atoms with Crippen LogP contribution in [0.1, 0.15) is 29.5 Å². The molecule has 3 rings (SSSR count). The molecule has 134 valence electrons. The van der Waals surface area contributed by atoms with Crippen LogP contribution in [0.3, 0.4) is 0 Å². The molecule has 0 N–H and O–H groups in total. The highest BCUT2D eigenvalue weighted by molar-refractivity contribution is 6.02. The Morgan fingerprint density at radius 1 is 1.19 bits per heavy atom. The lowest BCUT2D eigenvalue weighted by molar-refractivity contribution is -0.384. The molecule has 0 spiro atoms. The maximum Gasteiger partial charge on any atom is 0.339 e. The van der Waals surface area contributed by atoms with Gasteiger partial charge in [-0.1, -0.05) is 17.3 Å². The van der Waals surface area contributed by atoms with Crippen LogP contribution in [0.2, 0.25) is 0 Å². The fraction of sp³-hybridized carbons (Fsp3) is 0.263. The Hall–Kier alpha value is -3.22. The van der Waals surface area contributed by atoms with Crippen molar-refractivity contribution in [2.45, 2.75) is 25.7 Å². The van der Waals surface area contributed by atoms with E-state index >= 15 is 0 Å². The Bertz CT molecular complexity index is 859. The first kappa shape index (κ1) is 17.6. The molecular weight excluding hydrogens is 336 g/mol. The number of benzene rings is 2. The number of nitro benzene ring substituents is 1. The molecule has 0 radical (unpaired) electrons. The number of nitrogens with zero attached hydrogens (tertiary/aromatic N) is 2. The Morgan fingerprint density at radius 3 is 2.65 bits per heavy atom. The molecule has 1 aliphatic rings. The number of carbonyl (C=O) groups excluding carboxylic acids is 1. The van der Waals surface area contributed by atoms with Crippen LogP contribution in [0, 0.1) is 10.1 Å². The van der Waals surface area contributed by atoms with Gasteiger partial charge in [-0.25, -0.2) is 4.79 Å². The van der Waals surface area contributed by atoms with Gasteiger partial charge in [0.15, 0.2) is 0 Å². The molecule has 7 heteroatoms. The third-order valence-electron chi connectivity index (χ3n) is 4.24. The van der Waals surface area contributed by atoms with Gasteiger partial charge in [0.2, 0.25) is 0 Å². The van der Waals surface area contributed by atoms with Gasteiger partial charge in [0.25, 0.3) is 5.69 Å². The summed E-state index contributed by atoms with van der Waals surface area (Å²) in [5.41, 5.74) is 3.46. The van der Waals surface area contributed by atoms with E-state index in [1.807, 2.05) is 18.2 Å². The van der Waals surface area contributed by atoms with Crippen LogP contribution >= 0.6 is 0 Å². The topological polar surface area (TPSA) is 91.0 Å². The van der Waals surface area contributed by atoms with E-state index in [1.165, 1.54) is 24.3 Å². The molecule has 0 aromatic heterocycles. The maximum atomic E-state index is 12.0. The summed E-state index contributed by atoms with van der Waals surface area (Å²) < 4.78 is 5.24. The van der Waals surface area contributed by atoms with E-state index in [-0.39, 0.29) is 12.1 Å². The van der Waals surface area contributed by atoms with Crippen molar-refractivity contribution < 1.29 is 19.3 Å². The van der Waals surface area contributed by atoms with Crippen LogP contribution in [0.4, 0.5) is 5.69 Å². The zero-order chi connectivity index (χ0) is 18.5. The van der Waals surface area contributed by atoms with Gasteiger partial charge < -0.3 is 9.57 Å². The molecule has 2 aromatic carbocycles. The fourth-order valence-electron chi connectivity index (χ4n) is 2.90. The minimum Gasteiger partial charge on any atom is -0.497 e. The van der Waals surface area contributed by atoms with Crippen molar-refractivity contribution in [3.63, 3.8) is 0 Å². The van der Waals surface area contributed by atoms with Gasteiger partial charge in [0.05, 0.1) is 24.2 Å². The smallest absolute Gasteiger partial charge is 0.339 e. The lowest BCUT2D eigenvalue weighted by Gasteiger charge is -2.17. The van der Waals surface area contributed by atoms with E-state index in [2.05, 4.69) is 5.16 Å². The Morgan fingerprint density at radius 2 is 1.96 bits per heavy atom. The van der Waals surface area contributed by atoms with Gasteiger partial charge in [-0.15, -0.1) is 0 Å². The number of rotatable bonds is 5. The molecule has 0 heterocycles. The molecule has 0 saturated carbocycles. The molecule has 0 fully saturated rings. The molecule has 0 aliphatic heterocycles. The SMILES string of the molecule is COc1ccc2c(c1)CCC/C2=N\OC(=O)Cc1ccc([N+](=O)[O-])cc1. The summed E-state index contributed by atoms with van der Waals surface area (Å²) in [7, 11) is 1.62. The van der Waals surface area contributed by atoms with Crippen molar-refractivity contribution in [3.05, 3.63) is 69.3 Å². The van der Waals surface area contributed by atoms with Crippen molar-refractivity contribution in [2.75, 3.05) is 7.11 Å². The maximum absolute atomic E-state index is 12.0. The van der Waals surface area contributed by atoms with Gasteiger partial charge in [-0.05, 0) is 48.6 Å². The summed E-state index contributed by atoms with van der Waals surface area (Å²) in [5, 5.41) is 14.7. The van der Waals surface area contributed by atoms with E-state index in [0.717, 1.165) is 41.9 Å². The third kappa shape index (κ3) is 4.05. The minimum absolute atomic E-state index is 0.00421. The predicted octanol–water partition coefficient (Wildman–Crippen LogP) is 3.43. The number of nitro groups is 1. The highest BCUT2D eigenvalue weighted by Gasteiger charge is 2.17. The lowest BCUT2D eigenvalue weighted by Crippen LogP contribution is -2.14. The summed E-state index contributed by atoms with van der Waals surface area (Å²) in [4.78, 5) is 27.2. The monoisotopic (exact) mass is 354 g/mol. The second-order valence-electron chi connectivity index (χ2n) is 5.98. The molecule has 0 unspecified atom stereocenters. The summed E-state index contributed by atoms with van der Waals surface area (Å²) in [6, 6.07) is 11.6. The zero-order valence-electron chi connectivity index (χ0n) is 14.3. The quantitative estimate of drug-likeness (QED) is 0.466. The average molecular weight is 354 g/mol. The molecule has 0 bridgehead atoms. The number of carbonyl (C=O) groups is 1. The number of oxime groups is 1. The van der Waals surface area contributed by atoms with Crippen LogP contribution < -0.4 is 4.74 Å². The Kier molecular flexibility index (Phi) is 5.26. The molecule has 1 aliphatic carbocycles. The number of fused-ring (bicyclic) bond motifs is 1. The van der Waals surface area contributed by atoms with Gasteiger partial charge in [-0.3, -0.25) is 10.1 Å². The number of ether oxygens (including phenoxy) is 1. The highest BCUT2D eigenvalue weighted by atomic mass is 16.7. The number of hydrogen-bond acceptors (Lipinski definition) is 6. The standard InChI is InChI=1S/C19H18N2O5/c1-25-16-9-10-17-14(12-16)3-2-4-18(17)20-26-19(22)11-13-5-7-15(8-6-13)21(23)24/h5-10,12H,2-4,11H2,1H3/b20-18+. The molecule has 0 atom stereocenters. The second-order valence-corrected chi connectivity index (χ2v) is 5.98. The fourth-order valence-corrected chi connectivity index (χ4v) is 2.90. The molecule has 0 saturated heterocycles. The Balaban J connectivity index is 1.66. The normalized spacial score (nSPS) is 14.6. The summed E-state index contributed by atoms with van der Waals surface area (Å²) in [5.74, 6) is 0.284. The van der Waals surface area contributed by atoms with Crippen molar-refractivity contribution in [1.29, 1.82) is 0 Å². The first-order valence-corrected chi connectivity index (χ1v) is 8.24. The van der Waals surface area contributed by atoms with Crippen molar-refractivity contribution in [1.82, 2.24) is 0 Å². The van der Waals surface area contributed by atoms with Gasteiger partial charge in [-0.2, -0.15) is 0 Å². The van der Waals surface area contributed by atoms with E-state index < -0.39 is 10.9 Å². The zero-order valence-corrected chi connectivity index (χ0v) is 14.3. The lowest BCUT2D eigenvalue weighted by atomic mass is 9.90. The summed E-state index contributed by atoms with van der Waals surface area (Å²) in [6.45, 7) is 0. The molecule has 7 nitrogen and oxygen atoms in total. The summed E-state index contributed by atoms with van der Waals surface area (Å²) in [6.07, 6.45) is 2.61. The molecule has 0 amide bonds.